The van der Waals surface area contributed by atoms with Crippen LogP contribution >= 0.6 is 11.3 Å². The first-order valence-corrected chi connectivity index (χ1v) is 6.21. The summed E-state index contributed by atoms with van der Waals surface area (Å²) in [6, 6.07) is 7.08. The largest absolute Gasteiger partial charge is 0.304 e. The van der Waals surface area contributed by atoms with Crippen molar-refractivity contribution in [2.24, 2.45) is 0 Å². The Labute approximate surface area is 85.7 Å². The van der Waals surface area contributed by atoms with Gasteiger partial charge in [0.1, 0.15) is 4.21 Å². The van der Waals surface area contributed by atoms with Gasteiger partial charge in [0.2, 0.25) is 0 Å². The Hall–Kier alpha value is -0.910. The van der Waals surface area contributed by atoms with Crippen molar-refractivity contribution in [3.8, 4) is 0 Å². The number of hydrogen-bond acceptors (Lipinski definition) is 3. The lowest BCUT2D eigenvalue weighted by atomic mass is 10.2. The van der Waals surface area contributed by atoms with Gasteiger partial charge in [0, 0.05) is 4.70 Å². The van der Waals surface area contributed by atoms with Crippen LogP contribution in [-0.4, -0.2) is 13.0 Å². The molecule has 0 amide bonds. The second-order valence-electron chi connectivity index (χ2n) is 3.03. The predicted octanol–water partition coefficient (Wildman–Crippen LogP) is 2.46. The zero-order valence-corrected chi connectivity index (χ0v) is 9.02. The van der Waals surface area contributed by atoms with Crippen molar-refractivity contribution >= 4 is 31.5 Å². The van der Waals surface area contributed by atoms with Crippen LogP contribution in [0.1, 0.15) is 5.56 Å². The third-order valence-corrected chi connectivity index (χ3v) is 4.56. The summed E-state index contributed by atoms with van der Waals surface area (Å²) < 4.78 is 31.5. The molecule has 3 nitrogen and oxygen atoms in total. The van der Waals surface area contributed by atoms with E-state index in [4.69, 9.17) is 4.55 Å². The lowest BCUT2D eigenvalue weighted by molar-refractivity contribution is 0.485. The highest BCUT2D eigenvalue weighted by Crippen LogP contribution is 2.30. The molecule has 14 heavy (non-hydrogen) atoms. The first kappa shape index (κ1) is 9.64. The summed E-state index contributed by atoms with van der Waals surface area (Å²) in [4.78, 5) is 0. The molecule has 5 heteroatoms. The minimum absolute atomic E-state index is 0.00167. The SMILES string of the molecule is Cc1cccc2cc(S(=O)(=O)O)sc12. The van der Waals surface area contributed by atoms with Gasteiger partial charge in [0.15, 0.2) is 0 Å². The Morgan fingerprint density at radius 3 is 2.64 bits per heavy atom. The van der Waals surface area contributed by atoms with Crippen LogP contribution in [0.15, 0.2) is 28.5 Å². The summed E-state index contributed by atoms with van der Waals surface area (Å²) in [5.41, 5.74) is 1.02. The Morgan fingerprint density at radius 2 is 2.07 bits per heavy atom. The molecule has 0 saturated heterocycles. The van der Waals surface area contributed by atoms with E-state index in [0.29, 0.717) is 0 Å². The van der Waals surface area contributed by atoms with Gasteiger partial charge in [0.25, 0.3) is 0 Å². The monoisotopic (exact) mass is 228 g/mol. The maximum atomic E-state index is 10.9. The molecule has 1 N–H and O–H groups in total. The van der Waals surface area contributed by atoms with E-state index in [-0.39, 0.29) is 4.21 Å². The van der Waals surface area contributed by atoms with Crippen LogP contribution in [-0.2, 0) is 10.1 Å². The van der Waals surface area contributed by atoms with Gasteiger partial charge in [-0.3, -0.25) is 4.55 Å². The molecular weight excluding hydrogens is 220 g/mol. The molecular formula is C9H8O3S2. The van der Waals surface area contributed by atoms with Crippen LogP contribution in [0, 0.1) is 6.92 Å². The molecule has 0 unspecified atom stereocenters. The van der Waals surface area contributed by atoms with Gasteiger partial charge in [-0.15, -0.1) is 11.3 Å². The van der Waals surface area contributed by atoms with E-state index in [1.54, 1.807) is 0 Å². The summed E-state index contributed by atoms with van der Waals surface area (Å²) in [6.45, 7) is 1.91. The van der Waals surface area contributed by atoms with Crippen molar-refractivity contribution in [1.29, 1.82) is 0 Å². The zero-order chi connectivity index (χ0) is 10.3. The highest BCUT2D eigenvalue weighted by molar-refractivity contribution is 7.88. The molecule has 0 aliphatic rings. The second kappa shape index (κ2) is 3.05. The fraction of sp³-hybridized carbons (Fsp3) is 0.111. The molecule has 1 aromatic heterocycles. The van der Waals surface area contributed by atoms with Gasteiger partial charge in [-0.05, 0) is 23.9 Å². The van der Waals surface area contributed by atoms with Gasteiger partial charge in [-0.25, -0.2) is 0 Å². The molecule has 2 rings (SSSR count). The van der Waals surface area contributed by atoms with E-state index in [1.807, 2.05) is 25.1 Å². The van der Waals surface area contributed by atoms with Gasteiger partial charge in [-0.2, -0.15) is 8.42 Å². The molecule has 0 atom stereocenters. The molecule has 1 aromatic carbocycles. The van der Waals surface area contributed by atoms with Crippen molar-refractivity contribution in [3.63, 3.8) is 0 Å². The van der Waals surface area contributed by atoms with Crippen molar-refractivity contribution in [2.75, 3.05) is 0 Å². The lowest BCUT2D eigenvalue weighted by Gasteiger charge is -1.91. The first-order chi connectivity index (χ1) is 6.48. The molecule has 74 valence electrons. The van der Waals surface area contributed by atoms with Crippen LogP contribution in [0.25, 0.3) is 10.1 Å². The summed E-state index contributed by atoms with van der Waals surface area (Å²) >= 11 is 1.09. The van der Waals surface area contributed by atoms with Crippen LogP contribution in [0.5, 0.6) is 0 Å². The average molecular weight is 228 g/mol. The normalized spacial score (nSPS) is 12.1. The number of benzene rings is 1. The molecule has 0 saturated carbocycles. The van der Waals surface area contributed by atoms with Crippen molar-refractivity contribution in [2.45, 2.75) is 11.1 Å². The minimum Gasteiger partial charge on any atom is -0.281 e. The van der Waals surface area contributed by atoms with E-state index in [1.165, 1.54) is 6.07 Å². The summed E-state index contributed by atoms with van der Waals surface area (Å²) in [5.74, 6) is 0. The number of hydrogen-bond donors (Lipinski definition) is 1. The second-order valence-corrected chi connectivity index (χ2v) is 5.73. The number of rotatable bonds is 1. The van der Waals surface area contributed by atoms with Crippen LogP contribution < -0.4 is 0 Å². The Morgan fingerprint density at radius 1 is 1.36 bits per heavy atom. The molecule has 0 aliphatic heterocycles. The van der Waals surface area contributed by atoms with E-state index in [0.717, 1.165) is 27.0 Å². The molecule has 0 bridgehead atoms. The number of thiophene rings is 1. The lowest BCUT2D eigenvalue weighted by Crippen LogP contribution is -1.92. The molecule has 2 aromatic rings. The maximum absolute atomic E-state index is 10.9. The van der Waals surface area contributed by atoms with Gasteiger partial charge in [-0.1, -0.05) is 18.2 Å². The Balaban J connectivity index is 2.81. The summed E-state index contributed by atoms with van der Waals surface area (Å²) in [7, 11) is -4.06. The Bertz CT molecular complexity index is 581. The standard InChI is InChI=1S/C9H8O3S2/c1-6-3-2-4-7-5-8(13-9(6)7)14(10,11)12/h2-5H,1H3,(H,10,11,12). The third kappa shape index (κ3) is 1.54. The van der Waals surface area contributed by atoms with Gasteiger partial charge >= 0.3 is 10.1 Å². The molecule has 0 spiro atoms. The zero-order valence-electron chi connectivity index (χ0n) is 7.39. The quantitative estimate of drug-likeness (QED) is 0.763. The van der Waals surface area contributed by atoms with Crippen molar-refractivity contribution in [1.82, 2.24) is 0 Å². The Kier molecular flexibility index (Phi) is 2.10. The number of aryl methyl sites for hydroxylation is 1. The highest BCUT2D eigenvalue weighted by Gasteiger charge is 2.14. The van der Waals surface area contributed by atoms with E-state index < -0.39 is 10.1 Å². The van der Waals surface area contributed by atoms with Crippen LogP contribution in [0.4, 0.5) is 0 Å². The van der Waals surface area contributed by atoms with Crippen molar-refractivity contribution < 1.29 is 13.0 Å². The summed E-state index contributed by atoms with van der Waals surface area (Å²) in [6.07, 6.45) is 0. The molecule has 0 aliphatic carbocycles. The minimum atomic E-state index is -4.06. The van der Waals surface area contributed by atoms with E-state index in [2.05, 4.69) is 0 Å². The van der Waals surface area contributed by atoms with Gasteiger partial charge < -0.3 is 0 Å². The maximum Gasteiger partial charge on any atom is 0.304 e. The fourth-order valence-corrected chi connectivity index (χ4v) is 3.12. The van der Waals surface area contributed by atoms with Gasteiger partial charge in [0.05, 0.1) is 0 Å². The molecule has 1 heterocycles. The van der Waals surface area contributed by atoms with Crippen LogP contribution in [0.2, 0.25) is 0 Å². The highest BCUT2D eigenvalue weighted by atomic mass is 32.3. The van der Waals surface area contributed by atoms with Crippen LogP contribution in [0.3, 0.4) is 0 Å². The topological polar surface area (TPSA) is 54.4 Å². The average Bonchev–Trinajstić information content (AvgIpc) is 2.48. The number of fused-ring (bicyclic) bond motifs is 1. The van der Waals surface area contributed by atoms with E-state index >= 15 is 0 Å². The van der Waals surface area contributed by atoms with Crippen molar-refractivity contribution in [3.05, 3.63) is 29.8 Å². The fourth-order valence-electron chi connectivity index (χ4n) is 1.31. The first-order valence-electron chi connectivity index (χ1n) is 3.95. The summed E-state index contributed by atoms with van der Waals surface area (Å²) in [5, 5.41) is 0.850. The predicted molar refractivity (Wildman–Crippen MR) is 56.4 cm³/mol. The third-order valence-electron chi connectivity index (χ3n) is 1.97. The molecule has 0 fully saturated rings. The molecule has 0 radical (unpaired) electrons. The smallest absolute Gasteiger partial charge is 0.281 e. The van der Waals surface area contributed by atoms with E-state index in [9.17, 15) is 8.42 Å².